The summed E-state index contributed by atoms with van der Waals surface area (Å²) in [6.45, 7) is 8.56. The van der Waals surface area contributed by atoms with E-state index in [9.17, 15) is 9.59 Å². The van der Waals surface area contributed by atoms with Gasteiger partial charge in [-0.2, -0.15) is 5.10 Å². The summed E-state index contributed by atoms with van der Waals surface area (Å²) in [7, 11) is 3.16. The molecule has 0 saturated heterocycles. The molecule has 1 atom stereocenters. The third kappa shape index (κ3) is 3.78. The molecule has 1 amide bonds. The standard InChI is InChI=1S/C20H27N3O3S/c1-11-14(10-23(5)22-11)17(24)21-18-16(19(25)26-6)13-8-7-12(20(2,3)4)9-15(13)27-18/h10,12H,7-9H2,1-6H3,(H,21,24)/t12-/m0/s1. The second-order valence-corrected chi connectivity index (χ2v) is 9.37. The highest BCUT2D eigenvalue weighted by atomic mass is 32.1. The Balaban J connectivity index is 1.96. The van der Waals surface area contributed by atoms with Gasteiger partial charge in [0.15, 0.2) is 0 Å². The third-order valence-corrected chi connectivity index (χ3v) is 6.53. The maximum absolute atomic E-state index is 12.7. The number of hydrogen-bond donors (Lipinski definition) is 1. The van der Waals surface area contributed by atoms with E-state index in [4.69, 9.17) is 4.74 Å². The summed E-state index contributed by atoms with van der Waals surface area (Å²) in [5, 5.41) is 7.73. The Bertz CT molecular complexity index is 889. The number of thiophene rings is 1. The fraction of sp³-hybridized carbons (Fsp3) is 0.550. The third-order valence-electron chi connectivity index (χ3n) is 5.36. The van der Waals surface area contributed by atoms with E-state index in [1.165, 1.54) is 23.3 Å². The van der Waals surface area contributed by atoms with E-state index in [2.05, 4.69) is 31.2 Å². The topological polar surface area (TPSA) is 73.2 Å². The Morgan fingerprint density at radius 3 is 2.63 bits per heavy atom. The van der Waals surface area contributed by atoms with Crippen molar-refractivity contribution in [3.63, 3.8) is 0 Å². The first-order valence-electron chi connectivity index (χ1n) is 9.16. The van der Waals surface area contributed by atoms with Crippen LogP contribution in [0.3, 0.4) is 0 Å². The van der Waals surface area contributed by atoms with Crippen LogP contribution >= 0.6 is 11.3 Å². The van der Waals surface area contributed by atoms with Crippen molar-refractivity contribution < 1.29 is 14.3 Å². The second-order valence-electron chi connectivity index (χ2n) is 8.26. The summed E-state index contributed by atoms with van der Waals surface area (Å²) < 4.78 is 6.62. The molecule has 1 aliphatic rings. The number of carbonyl (C=O) groups is 2. The molecule has 0 aromatic carbocycles. The van der Waals surface area contributed by atoms with Crippen LogP contribution in [0.2, 0.25) is 0 Å². The van der Waals surface area contributed by atoms with Crippen molar-refractivity contribution in [3.05, 3.63) is 33.5 Å². The summed E-state index contributed by atoms with van der Waals surface area (Å²) in [6, 6.07) is 0. The lowest BCUT2D eigenvalue weighted by Crippen LogP contribution is -2.26. The summed E-state index contributed by atoms with van der Waals surface area (Å²) in [4.78, 5) is 26.4. The van der Waals surface area contributed by atoms with Gasteiger partial charge in [-0.05, 0) is 43.1 Å². The molecule has 0 saturated carbocycles. The van der Waals surface area contributed by atoms with Crippen molar-refractivity contribution in [3.8, 4) is 0 Å². The minimum Gasteiger partial charge on any atom is -0.465 e. The van der Waals surface area contributed by atoms with Crippen LogP contribution in [0.1, 0.15) is 64.0 Å². The van der Waals surface area contributed by atoms with E-state index in [-0.39, 0.29) is 17.3 Å². The monoisotopic (exact) mass is 389 g/mol. The van der Waals surface area contributed by atoms with Crippen LogP contribution in [-0.4, -0.2) is 28.8 Å². The molecule has 2 aromatic rings. The first kappa shape index (κ1) is 19.6. The van der Waals surface area contributed by atoms with Crippen LogP contribution in [0.5, 0.6) is 0 Å². The SMILES string of the molecule is COC(=O)c1c(NC(=O)c2cn(C)nc2C)sc2c1CC[C@H](C(C)(C)C)C2. The van der Waals surface area contributed by atoms with Gasteiger partial charge in [0, 0.05) is 18.1 Å². The largest absolute Gasteiger partial charge is 0.465 e. The van der Waals surface area contributed by atoms with E-state index < -0.39 is 0 Å². The molecule has 146 valence electrons. The zero-order valence-corrected chi connectivity index (χ0v) is 17.6. The minimum absolute atomic E-state index is 0.212. The zero-order chi connectivity index (χ0) is 19.9. The Labute approximate surface area is 163 Å². The lowest BCUT2D eigenvalue weighted by atomic mass is 9.72. The maximum Gasteiger partial charge on any atom is 0.341 e. The Kier molecular flexibility index (Phi) is 5.16. The molecule has 2 heterocycles. The second kappa shape index (κ2) is 7.11. The van der Waals surface area contributed by atoms with Crippen LogP contribution in [0.15, 0.2) is 6.20 Å². The van der Waals surface area contributed by atoms with Gasteiger partial charge in [-0.1, -0.05) is 20.8 Å². The molecule has 0 fully saturated rings. The smallest absolute Gasteiger partial charge is 0.341 e. The van der Waals surface area contributed by atoms with Gasteiger partial charge in [-0.25, -0.2) is 4.79 Å². The molecule has 0 unspecified atom stereocenters. The number of amides is 1. The van der Waals surface area contributed by atoms with E-state index in [1.54, 1.807) is 24.9 Å². The summed E-state index contributed by atoms with van der Waals surface area (Å²) >= 11 is 1.50. The lowest BCUT2D eigenvalue weighted by Gasteiger charge is -2.33. The molecule has 0 aliphatic heterocycles. The zero-order valence-electron chi connectivity index (χ0n) is 16.8. The van der Waals surface area contributed by atoms with E-state index in [0.717, 1.165) is 24.8 Å². The molecule has 0 spiro atoms. The number of methoxy groups -OCH3 is 1. The fourth-order valence-electron chi connectivity index (χ4n) is 3.72. The Hall–Kier alpha value is -2.15. The predicted molar refractivity (Wildman–Crippen MR) is 107 cm³/mol. The van der Waals surface area contributed by atoms with Crippen LogP contribution in [0.4, 0.5) is 5.00 Å². The molecule has 3 rings (SSSR count). The van der Waals surface area contributed by atoms with E-state index in [0.29, 0.717) is 27.7 Å². The Morgan fingerprint density at radius 2 is 2.07 bits per heavy atom. The highest BCUT2D eigenvalue weighted by Crippen LogP contribution is 2.44. The van der Waals surface area contributed by atoms with Crippen LogP contribution < -0.4 is 5.32 Å². The number of rotatable bonds is 3. The van der Waals surface area contributed by atoms with Crippen molar-refractivity contribution in [2.45, 2.75) is 47.0 Å². The van der Waals surface area contributed by atoms with E-state index >= 15 is 0 Å². The molecule has 1 aliphatic carbocycles. The highest BCUT2D eigenvalue weighted by molar-refractivity contribution is 7.17. The van der Waals surface area contributed by atoms with Crippen molar-refractivity contribution in [2.24, 2.45) is 18.4 Å². The number of carbonyl (C=O) groups excluding carboxylic acids is 2. The van der Waals surface area contributed by atoms with Gasteiger partial charge in [0.05, 0.1) is 23.9 Å². The molecule has 0 radical (unpaired) electrons. The van der Waals surface area contributed by atoms with Crippen LogP contribution in [0, 0.1) is 18.3 Å². The van der Waals surface area contributed by atoms with Gasteiger partial charge >= 0.3 is 5.97 Å². The lowest BCUT2D eigenvalue weighted by molar-refractivity contribution is 0.0600. The van der Waals surface area contributed by atoms with Crippen molar-refractivity contribution in [2.75, 3.05) is 12.4 Å². The molecule has 27 heavy (non-hydrogen) atoms. The van der Waals surface area contributed by atoms with E-state index in [1.807, 2.05) is 0 Å². The number of nitrogens with zero attached hydrogens (tertiary/aromatic N) is 2. The fourth-order valence-corrected chi connectivity index (χ4v) is 5.03. The number of aryl methyl sites for hydroxylation is 2. The average Bonchev–Trinajstić information content (AvgIpc) is 3.11. The van der Waals surface area contributed by atoms with Crippen molar-refractivity contribution in [1.29, 1.82) is 0 Å². The summed E-state index contributed by atoms with van der Waals surface area (Å²) in [5.74, 6) is -0.0881. The molecule has 6 nitrogen and oxygen atoms in total. The number of anilines is 1. The minimum atomic E-state index is -0.389. The summed E-state index contributed by atoms with van der Waals surface area (Å²) in [5.41, 5.74) is 2.92. The predicted octanol–water partition coefficient (Wildman–Crippen LogP) is 3.98. The molecular weight excluding hydrogens is 362 g/mol. The van der Waals surface area contributed by atoms with Gasteiger partial charge in [-0.15, -0.1) is 11.3 Å². The number of aromatic nitrogens is 2. The normalized spacial score (nSPS) is 16.7. The van der Waals surface area contributed by atoms with Gasteiger partial charge < -0.3 is 10.1 Å². The van der Waals surface area contributed by atoms with Crippen LogP contribution in [-0.2, 0) is 24.6 Å². The number of fused-ring (bicyclic) bond motifs is 1. The molecule has 2 aromatic heterocycles. The molecule has 7 heteroatoms. The van der Waals surface area contributed by atoms with Gasteiger partial charge in [0.1, 0.15) is 5.00 Å². The maximum atomic E-state index is 12.7. The van der Waals surface area contributed by atoms with Crippen molar-refractivity contribution >= 4 is 28.2 Å². The first-order chi connectivity index (χ1) is 12.6. The average molecular weight is 390 g/mol. The number of esters is 1. The van der Waals surface area contributed by atoms with Crippen LogP contribution in [0.25, 0.3) is 0 Å². The molecular formula is C20H27N3O3S. The van der Waals surface area contributed by atoms with Gasteiger partial charge in [0.2, 0.25) is 0 Å². The Morgan fingerprint density at radius 1 is 1.37 bits per heavy atom. The number of ether oxygens (including phenoxy) is 1. The number of hydrogen-bond acceptors (Lipinski definition) is 5. The van der Waals surface area contributed by atoms with Crippen molar-refractivity contribution in [1.82, 2.24) is 9.78 Å². The number of nitrogens with one attached hydrogen (secondary N) is 1. The quantitative estimate of drug-likeness (QED) is 0.806. The highest BCUT2D eigenvalue weighted by Gasteiger charge is 2.34. The van der Waals surface area contributed by atoms with Gasteiger partial charge in [0.25, 0.3) is 5.91 Å². The summed E-state index contributed by atoms with van der Waals surface area (Å²) in [6.07, 6.45) is 4.48. The molecule has 0 bridgehead atoms. The van der Waals surface area contributed by atoms with Gasteiger partial charge in [-0.3, -0.25) is 9.48 Å². The molecule has 1 N–H and O–H groups in total. The first-order valence-corrected chi connectivity index (χ1v) is 9.98.